The van der Waals surface area contributed by atoms with E-state index in [0.717, 1.165) is 24.3 Å². The molecule has 0 aromatic heterocycles. The van der Waals surface area contributed by atoms with E-state index in [2.05, 4.69) is 5.32 Å². The van der Waals surface area contributed by atoms with Crippen LogP contribution in [0.25, 0.3) is 0 Å². The van der Waals surface area contributed by atoms with Crippen LogP contribution in [0, 0.1) is 5.82 Å². The van der Waals surface area contributed by atoms with Crippen molar-refractivity contribution in [3.05, 3.63) is 24.0 Å². The topological polar surface area (TPSA) is 47.3 Å². The van der Waals surface area contributed by atoms with Gasteiger partial charge >= 0.3 is 0 Å². The lowest BCUT2D eigenvalue weighted by Gasteiger charge is -2.37. The maximum atomic E-state index is 13.3. The number of methoxy groups -OCH3 is 1. The molecule has 1 aromatic carbocycles. The second-order valence-corrected chi connectivity index (χ2v) is 5.72. The van der Waals surface area contributed by atoms with Crippen molar-refractivity contribution in [3.8, 4) is 5.75 Å². The van der Waals surface area contributed by atoms with Gasteiger partial charge in [-0.05, 0) is 30.7 Å². The summed E-state index contributed by atoms with van der Waals surface area (Å²) < 4.78 is 18.3. The number of anilines is 1. The van der Waals surface area contributed by atoms with E-state index < -0.39 is 0 Å². The number of nitrogens with one attached hydrogen (secondary N) is 1. The Morgan fingerprint density at radius 1 is 1.56 bits per heavy atom. The molecule has 0 spiro atoms. The van der Waals surface area contributed by atoms with Crippen LogP contribution < -0.4 is 15.8 Å². The highest BCUT2D eigenvalue weighted by Crippen LogP contribution is 2.31. The zero-order chi connectivity index (χ0) is 13.0. The summed E-state index contributed by atoms with van der Waals surface area (Å²) in [6.07, 6.45) is 2.21. The van der Waals surface area contributed by atoms with Crippen molar-refractivity contribution in [2.45, 2.75) is 18.4 Å². The van der Waals surface area contributed by atoms with Gasteiger partial charge in [0.2, 0.25) is 0 Å². The van der Waals surface area contributed by atoms with Crippen LogP contribution >= 0.6 is 11.8 Å². The normalized spacial score (nSPS) is 23.7. The first-order valence-corrected chi connectivity index (χ1v) is 7.24. The first kappa shape index (κ1) is 13.5. The molecule has 0 radical (unpaired) electrons. The van der Waals surface area contributed by atoms with Gasteiger partial charge in [0, 0.05) is 24.1 Å². The molecule has 18 heavy (non-hydrogen) atoms. The average Bonchev–Trinajstić information content (AvgIpc) is 2.42. The van der Waals surface area contributed by atoms with Crippen LogP contribution in [0.2, 0.25) is 0 Å². The van der Waals surface area contributed by atoms with E-state index in [1.165, 1.54) is 18.9 Å². The number of nitrogens with two attached hydrogens (primary N) is 1. The lowest BCUT2D eigenvalue weighted by Crippen LogP contribution is -2.49. The highest BCUT2D eigenvalue weighted by atomic mass is 32.2. The standard InChI is InChI=1S/C13H19FN2OS/c1-17-12-7-10(3-4-11(12)14)16-13(8-15)5-2-6-18-9-13/h3-4,7,16H,2,5-6,8-9,15H2,1H3. The van der Waals surface area contributed by atoms with Crippen LogP contribution in [0.5, 0.6) is 5.75 Å². The van der Waals surface area contributed by atoms with Gasteiger partial charge in [0.15, 0.2) is 11.6 Å². The van der Waals surface area contributed by atoms with E-state index in [-0.39, 0.29) is 17.1 Å². The molecular weight excluding hydrogens is 251 g/mol. The first-order chi connectivity index (χ1) is 8.69. The minimum atomic E-state index is -0.345. The molecule has 5 heteroatoms. The van der Waals surface area contributed by atoms with Gasteiger partial charge in [0.1, 0.15) is 0 Å². The van der Waals surface area contributed by atoms with Crippen molar-refractivity contribution in [1.82, 2.24) is 0 Å². The van der Waals surface area contributed by atoms with Crippen LogP contribution in [0.1, 0.15) is 12.8 Å². The third kappa shape index (κ3) is 2.90. The summed E-state index contributed by atoms with van der Waals surface area (Å²) in [5.74, 6) is 2.10. The van der Waals surface area contributed by atoms with Crippen LogP contribution in [0.4, 0.5) is 10.1 Å². The molecule has 1 heterocycles. The van der Waals surface area contributed by atoms with Gasteiger partial charge in [-0.25, -0.2) is 4.39 Å². The number of thioether (sulfide) groups is 1. The fourth-order valence-electron chi connectivity index (χ4n) is 2.21. The molecule has 1 saturated heterocycles. The Morgan fingerprint density at radius 3 is 3.00 bits per heavy atom. The Bertz CT molecular complexity index is 408. The number of ether oxygens (including phenoxy) is 1. The van der Waals surface area contributed by atoms with Gasteiger partial charge in [-0.2, -0.15) is 11.8 Å². The second-order valence-electron chi connectivity index (χ2n) is 4.61. The molecular formula is C13H19FN2OS. The van der Waals surface area contributed by atoms with Crippen molar-refractivity contribution in [3.63, 3.8) is 0 Å². The van der Waals surface area contributed by atoms with Crippen molar-refractivity contribution in [1.29, 1.82) is 0 Å². The molecule has 1 aromatic rings. The SMILES string of the molecule is COc1cc(NC2(CN)CCCSC2)ccc1F. The predicted molar refractivity (Wildman–Crippen MR) is 74.9 cm³/mol. The maximum absolute atomic E-state index is 13.3. The Morgan fingerprint density at radius 2 is 2.39 bits per heavy atom. The van der Waals surface area contributed by atoms with Gasteiger partial charge < -0.3 is 15.8 Å². The zero-order valence-electron chi connectivity index (χ0n) is 10.5. The lowest BCUT2D eigenvalue weighted by molar-refractivity contribution is 0.386. The molecule has 1 unspecified atom stereocenters. The fourth-order valence-corrected chi connectivity index (χ4v) is 3.42. The summed E-state index contributed by atoms with van der Waals surface area (Å²) in [5, 5.41) is 3.45. The van der Waals surface area contributed by atoms with Crippen LogP contribution in [-0.2, 0) is 0 Å². The number of hydrogen-bond acceptors (Lipinski definition) is 4. The summed E-state index contributed by atoms with van der Waals surface area (Å²) in [7, 11) is 1.47. The van der Waals surface area contributed by atoms with Gasteiger partial charge in [-0.15, -0.1) is 0 Å². The first-order valence-electron chi connectivity index (χ1n) is 6.09. The smallest absolute Gasteiger partial charge is 0.165 e. The summed E-state index contributed by atoms with van der Waals surface area (Å²) >= 11 is 1.91. The Balaban J connectivity index is 2.16. The summed E-state index contributed by atoms with van der Waals surface area (Å²) in [4.78, 5) is 0. The Hall–Kier alpha value is -0.940. The molecule has 3 nitrogen and oxygen atoms in total. The van der Waals surface area contributed by atoms with Crippen molar-refractivity contribution < 1.29 is 9.13 Å². The quantitative estimate of drug-likeness (QED) is 0.882. The number of benzene rings is 1. The van der Waals surface area contributed by atoms with Gasteiger partial charge in [0.05, 0.1) is 12.6 Å². The van der Waals surface area contributed by atoms with Crippen LogP contribution in [-0.4, -0.2) is 30.7 Å². The molecule has 2 rings (SSSR count). The molecule has 100 valence electrons. The monoisotopic (exact) mass is 270 g/mol. The van der Waals surface area contributed by atoms with Crippen molar-refractivity contribution >= 4 is 17.4 Å². The third-order valence-electron chi connectivity index (χ3n) is 3.27. The average molecular weight is 270 g/mol. The molecule has 3 N–H and O–H groups in total. The van der Waals surface area contributed by atoms with E-state index in [1.54, 1.807) is 12.1 Å². The Labute approximate surface area is 111 Å². The van der Waals surface area contributed by atoms with E-state index >= 15 is 0 Å². The molecule has 1 fully saturated rings. The van der Waals surface area contributed by atoms with E-state index in [9.17, 15) is 4.39 Å². The third-order valence-corrected chi connectivity index (χ3v) is 4.61. The van der Waals surface area contributed by atoms with E-state index in [1.807, 2.05) is 11.8 Å². The summed E-state index contributed by atoms with van der Waals surface area (Å²) in [5.41, 5.74) is 6.69. The fraction of sp³-hybridized carbons (Fsp3) is 0.538. The number of halogens is 1. The largest absolute Gasteiger partial charge is 0.494 e. The van der Waals surface area contributed by atoms with E-state index in [0.29, 0.717) is 6.54 Å². The van der Waals surface area contributed by atoms with Crippen LogP contribution in [0.15, 0.2) is 18.2 Å². The zero-order valence-corrected chi connectivity index (χ0v) is 11.4. The summed E-state index contributed by atoms with van der Waals surface area (Å²) in [6.45, 7) is 0.583. The number of hydrogen-bond donors (Lipinski definition) is 2. The molecule has 0 aliphatic carbocycles. The van der Waals surface area contributed by atoms with Gasteiger partial charge in [0.25, 0.3) is 0 Å². The van der Waals surface area contributed by atoms with Gasteiger partial charge in [-0.1, -0.05) is 0 Å². The second kappa shape index (κ2) is 5.80. The highest BCUT2D eigenvalue weighted by molar-refractivity contribution is 7.99. The van der Waals surface area contributed by atoms with Crippen molar-refractivity contribution in [2.75, 3.05) is 30.5 Å². The summed E-state index contributed by atoms with van der Waals surface area (Å²) in [6, 6.07) is 4.84. The molecule has 0 amide bonds. The molecule has 1 atom stereocenters. The number of rotatable bonds is 4. The van der Waals surface area contributed by atoms with Crippen LogP contribution in [0.3, 0.4) is 0 Å². The van der Waals surface area contributed by atoms with Gasteiger partial charge in [-0.3, -0.25) is 0 Å². The molecule has 1 aliphatic heterocycles. The highest BCUT2D eigenvalue weighted by Gasteiger charge is 2.30. The lowest BCUT2D eigenvalue weighted by atomic mass is 9.95. The predicted octanol–water partition coefficient (Wildman–Crippen LogP) is 2.47. The minimum Gasteiger partial charge on any atom is -0.494 e. The van der Waals surface area contributed by atoms with Crippen molar-refractivity contribution in [2.24, 2.45) is 5.73 Å². The minimum absolute atomic E-state index is 0.0776. The molecule has 0 bridgehead atoms. The Kier molecular flexibility index (Phi) is 4.35. The maximum Gasteiger partial charge on any atom is 0.165 e. The van der Waals surface area contributed by atoms with E-state index in [4.69, 9.17) is 10.5 Å². The molecule has 1 aliphatic rings. The molecule has 0 saturated carbocycles.